The number of aryl methyl sites for hydroxylation is 2. The minimum Gasteiger partial charge on any atom is -1.00 e. The van der Waals surface area contributed by atoms with Crippen LogP contribution in [0.3, 0.4) is 0 Å². The van der Waals surface area contributed by atoms with Crippen LogP contribution in [0.15, 0.2) is 120 Å². The van der Waals surface area contributed by atoms with E-state index in [4.69, 9.17) is 0 Å². The molecule has 49 heavy (non-hydrogen) atoms. The second kappa shape index (κ2) is 13.2. The minimum atomic E-state index is -2.85. The summed E-state index contributed by atoms with van der Waals surface area (Å²) < 4.78 is 4.30. The average Bonchev–Trinajstić information content (AvgIpc) is 3.63. The number of allylic oxidation sites excluding steroid dienone is 2. The molecule has 2 unspecified atom stereocenters. The molecular formula is C46H42Cl2Zr. The molecule has 1 saturated heterocycles. The molecule has 1 heterocycles. The number of rotatable bonds is 6. The van der Waals surface area contributed by atoms with Crippen molar-refractivity contribution in [3.05, 3.63) is 154 Å². The maximum absolute atomic E-state index is 2.85. The van der Waals surface area contributed by atoms with Crippen LogP contribution in [0.25, 0.3) is 56.0 Å². The Kier molecular flexibility index (Phi) is 9.19. The van der Waals surface area contributed by atoms with Gasteiger partial charge in [-0.05, 0) is 0 Å². The third-order valence-corrected chi connectivity index (χ3v) is 24.9. The van der Waals surface area contributed by atoms with Gasteiger partial charge in [-0.1, -0.05) is 0 Å². The van der Waals surface area contributed by atoms with Crippen LogP contribution in [0, 0.1) is 13.8 Å². The van der Waals surface area contributed by atoms with E-state index in [1.807, 2.05) is 0 Å². The van der Waals surface area contributed by atoms with E-state index in [9.17, 15) is 0 Å². The molecule has 0 N–H and O–H groups in total. The third kappa shape index (κ3) is 5.18. The van der Waals surface area contributed by atoms with Gasteiger partial charge in [-0.3, -0.25) is 0 Å². The fourth-order valence-electron chi connectivity index (χ4n) is 9.68. The predicted octanol–water partition coefficient (Wildman–Crippen LogP) is 7.35. The van der Waals surface area contributed by atoms with Crippen molar-refractivity contribution in [2.45, 2.75) is 56.0 Å². The van der Waals surface area contributed by atoms with E-state index >= 15 is 0 Å². The molecule has 1 fully saturated rings. The molecule has 3 aliphatic rings. The maximum Gasteiger partial charge on any atom is -1.00 e. The number of fused-ring (bicyclic) bond motifs is 4. The average molecular weight is 757 g/mol. The van der Waals surface area contributed by atoms with Gasteiger partial charge in [-0.2, -0.15) is 0 Å². The van der Waals surface area contributed by atoms with Gasteiger partial charge in [0.1, 0.15) is 0 Å². The van der Waals surface area contributed by atoms with Gasteiger partial charge in [0.05, 0.1) is 0 Å². The Morgan fingerprint density at radius 2 is 0.898 bits per heavy atom. The van der Waals surface area contributed by atoms with E-state index in [-0.39, 0.29) is 24.8 Å². The Morgan fingerprint density at radius 1 is 0.490 bits per heavy atom. The fourth-order valence-corrected chi connectivity index (χ4v) is 28.0. The molecule has 1 aliphatic heterocycles. The van der Waals surface area contributed by atoms with Crippen molar-refractivity contribution >= 4 is 33.7 Å². The molecule has 0 radical (unpaired) electrons. The number of halogens is 2. The number of hydrogen-bond donors (Lipinski definition) is 0. The van der Waals surface area contributed by atoms with Gasteiger partial charge in [-0.25, -0.2) is 0 Å². The zero-order chi connectivity index (χ0) is 31.9. The Labute approximate surface area is 308 Å². The van der Waals surface area contributed by atoms with Crippen LogP contribution in [0.2, 0.25) is 8.26 Å². The number of benzene rings is 6. The first-order valence-electron chi connectivity index (χ1n) is 17.7. The molecule has 0 bridgehead atoms. The Bertz CT molecular complexity index is 2150. The summed E-state index contributed by atoms with van der Waals surface area (Å²) in [5.41, 5.74) is 18.4. The van der Waals surface area contributed by atoms with Crippen LogP contribution in [0.1, 0.15) is 67.3 Å². The topological polar surface area (TPSA) is 0 Å². The molecule has 6 aromatic rings. The summed E-state index contributed by atoms with van der Waals surface area (Å²) in [4.78, 5) is 0. The molecular weight excluding hydrogens is 715 g/mol. The van der Waals surface area contributed by atoms with Crippen LogP contribution >= 0.6 is 0 Å². The standard InChI is InChI=1S/2C22H19.C2H4.2ClH.Zr/c2*1-3-16-13-21-15(2)11-12-20(22(21)14-16)19-10-6-8-17-7-4-5-9-18(17)19;1-2;;;/h2*4-14H,3H2,1-2H3;1-2H2;2*1H;/q;;;;;+2/p-2. The number of hydrogen-bond acceptors (Lipinski definition) is 0. The zero-order valence-electron chi connectivity index (χ0n) is 28.8. The quantitative estimate of drug-likeness (QED) is 0.167. The van der Waals surface area contributed by atoms with Gasteiger partial charge < -0.3 is 24.8 Å². The van der Waals surface area contributed by atoms with Gasteiger partial charge >= 0.3 is 286 Å². The first-order chi connectivity index (χ1) is 23.0. The minimum absolute atomic E-state index is 0. The van der Waals surface area contributed by atoms with Crippen LogP contribution in [0.5, 0.6) is 0 Å². The molecule has 2 atom stereocenters. The van der Waals surface area contributed by atoms with Gasteiger partial charge in [0.2, 0.25) is 0 Å². The van der Waals surface area contributed by atoms with Crippen molar-refractivity contribution in [3.63, 3.8) is 0 Å². The van der Waals surface area contributed by atoms with Crippen LogP contribution in [0.4, 0.5) is 0 Å². The van der Waals surface area contributed by atoms with Crippen LogP contribution in [-0.2, 0) is 20.3 Å². The van der Waals surface area contributed by atoms with Crippen LogP contribution in [-0.4, -0.2) is 0 Å². The van der Waals surface area contributed by atoms with Gasteiger partial charge in [0.25, 0.3) is 0 Å². The van der Waals surface area contributed by atoms with Crippen molar-refractivity contribution in [1.29, 1.82) is 0 Å². The second-order valence-corrected chi connectivity index (χ2v) is 25.7. The molecule has 0 nitrogen and oxygen atoms in total. The Morgan fingerprint density at radius 3 is 1.31 bits per heavy atom. The van der Waals surface area contributed by atoms with Crippen molar-refractivity contribution in [3.8, 4) is 22.3 Å². The van der Waals surface area contributed by atoms with Crippen molar-refractivity contribution in [2.75, 3.05) is 0 Å². The summed E-state index contributed by atoms with van der Waals surface area (Å²) in [6.45, 7) is 9.64. The van der Waals surface area contributed by atoms with Gasteiger partial charge in [-0.15, -0.1) is 0 Å². The van der Waals surface area contributed by atoms with E-state index in [1.54, 1.807) is 22.3 Å². The molecule has 0 spiro atoms. The second-order valence-electron chi connectivity index (χ2n) is 14.3. The summed E-state index contributed by atoms with van der Waals surface area (Å²) in [5, 5.41) is 5.37. The third-order valence-electron chi connectivity index (χ3n) is 11.9. The first-order valence-corrected chi connectivity index (χ1v) is 24.0. The molecule has 0 amide bonds. The van der Waals surface area contributed by atoms with Gasteiger partial charge in [0, 0.05) is 0 Å². The van der Waals surface area contributed by atoms with E-state index < -0.39 is 20.3 Å². The molecule has 6 aromatic carbocycles. The van der Waals surface area contributed by atoms with E-state index in [1.165, 1.54) is 74.3 Å². The summed E-state index contributed by atoms with van der Waals surface area (Å²) in [7, 11) is 0. The monoisotopic (exact) mass is 754 g/mol. The normalized spacial score (nSPS) is 17.6. The van der Waals surface area contributed by atoms with Crippen molar-refractivity contribution in [2.24, 2.45) is 0 Å². The Hall–Kier alpha value is -3.22. The first kappa shape index (κ1) is 34.2. The fraction of sp³-hybridized carbons (Fsp3) is 0.217. The maximum atomic E-state index is 2.66. The summed E-state index contributed by atoms with van der Waals surface area (Å²) in [6, 6.07) is 41.2. The molecule has 9 rings (SSSR count). The summed E-state index contributed by atoms with van der Waals surface area (Å²) in [6.07, 6.45) is 7.61. The van der Waals surface area contributed by atoms with Crippen LogP contribution < -0.4 is 24.8 Å². The Balaban J connectivity index is 0.00000189. The summed E-state index contributed by atoms with van der Waals surface area (Å²) >= 11 is -2.85. The van der Waals surface area contributed by atoms with Crippen molar-refractivity contribution < 1.29 is 45.1 Å². The largest absolute Gasteiger partial charge is 1.00 e. The van der Waals surface area contributed by atoms with E-state index in [0.717, 1.165) is 12.8 Å². The molecule has 0 aromatic heterocycles. The van der Waals surface area contributed by atoms with Crippen molar-refractivity contribution in [1.82, 2.24) is 0 Å². The summed E-state index contributed by atoms with van der Waals surface area (Å²) in [5.74, 6) is 0. The molecule has 0 saturated carbocycles. The molecule has 244 valence electrons. The SMILES string of the molecule is CCC1=Cc2c(-c3cccc4ccccc34)ccc(C)c2[CH]1[Zr+2]1([CH]2C(CC)=Cc3c(-c4cccc5ccccc45)ccc(C)c32)[CH2][CH2]1.[Cl-].[Cl-]. The zero-order valence-corrected chi connectivity index (χ0v) is 32.8. The molecule has 3 heteroatoms. The smallest absolute Gasteiger partial charge is 1.00 e. The molecule has 2 aliphatic carbocycles. The van der Waals surface area contributed by atoms with Gasteiger partial charge in [0.15, 0.2) is 0 Å². The van der Waals surface area contributed by atoms with E-state index in [2.05, 4.69) is 149 Å². The van der Waals surface area contributed by atoms with E-state index in [0.29, 0.717) is 7.25 Å². The predicted molar refractivity (Wildman–Crippen MR) is 200 cm³/mol.